The molecule has 0 heterocycles. The van der Waals surface area contributed by atoms with E-state index in [1.54, 1.807) is 24.3 Å². The Labute approximate surface area is 189 Å². The van der Waals surface area contributed by atoms with Crippen LogP contribution in [0.25, 0.3) is 10.8 Å². The predicted octanol–water partition coefficient (Wildman–Crippen LogP) is -6.43. The fourth-order valence-corrected chi connectivity index (χ4v) is 1.58. The average Bonchev–Trinajstić information content (AvgIpc) is 2.27. The zero-order chi connectivity index (χ0) is 11.7. The maximum absolute atomic E-state index is 10.8. The third kappa shape index (κ3) is 4.21. The Morgan fingerprint density at radius 3 is 1.39 bits per heavy atom. The van der Waals surface area contributed by atoms with Gasteiger partial charge < -0.3 is 19.8 Å². The molecular weight excluding hydrogens is 286 g/mol. The minimum absolute atomic E-state index is 0. The van der Waals surface area contributed by atoms with Gasteiger partial charge in [0.05, 0.1) is 11.9 Å². The van der Waals surface area contributed by atoms with Crippen molar-refractivity contribution in [2.75, 3.05) is 0 Å². The number of carboxylic acids is 2. The second-order valence-corrected chi connectivity index (χ2v) is 3.32. The van der Waals surface area contributed by atoms with Gasteiger partial charge in [0.2, 0.25) is 0 Å². The van der Waals surface area contributed by atoms with E-state index < -0.39 is 11.9 Å². The van der Waals surface area contributed by atoms with Gasteiger partial charge in [-0.25, -0.2) is 0 Å². The Kier molecular flexibility index (Phi) is 8.67. The molecule has 6 heteroatoms. The molecule has 80 valence electrons. The average molecular weight is 292 g/mol. The maximum atomic E-state index is 10.8. The van der Waals surface area contributed by atoms with E-state index in [1.807, 2.05) is 0 Å². The third-order valence-electron chi connectivity index (χ3n) is 2.33. The minimum atomic E-state index is -1.52. The van der Waals surface area contributed by atoms with Crippen LogP contribution in [-0.4, -0.2) is 11.9 Å². The van der Waals surface area contributed by atoms with E-state index in [9.17, 15) is 19.8 Å². The molecule has 18 heavy (non-hydrogen) atoms. The Hall–Kier alpha value is 0.913. The Balaban J connectivity index is 0.00000144. The molecule has 0 atom stereocenters. The molecule has 0 N–H and O–H groups in total. The van der Waals surface area contributed by atoms with Gasteiger partial charge in [-0.15, -0.1) is 0 Å². The second kappa shape index (κ2) is 8.26. The molecule has 0 bridgehead atoms. The first kappa shape index (κ1) is 18.9. The van der Waals surface area contributed by atoms with Gasteiger partial charge >= 0.3 is 103 Å². The zero-order valence-corrected chi connectivity index (χ0v) is 16.3. The van der Waals surface area contributed by atoms with Gasteiger partial charge in [-0.2, -0.15) is 0 Å². The smallest absolute Gasteiger partial charge is 0.545 e. The van der Waals surface area contributed by atoms with Crippen molar-refractivity contribution in [3.05, 3.63) is 47.5 Å². The number of fused-ring (bicyclic) bond motifs is 1. The summed E-state index contributed by atoms with van der Waals surface area (Å²) in [6, 6.07) is 9.41. The third-order valence-corrected chi connectivity index (χ3v) is 2.33. The number of benzene rings is 2. The molecule has 0 fully saturated rings. The quantitative estimate of drug-likeness (QED) is 0.516. The van der Waals surface area contributed by atoms with Gasteiger partial charge in [0.1, 0.15) is 0 Å². The standard InChI is InChI=1S/C12H8O4.2K/c13-11(14)9-5-7-3-1-2-4-8(7)6-10(9)12(15)16;;/h1-6H,(H,13,14)(H,15,16);;/q;2*+1/p-2. The van der Waals surface area contributed by atoms with Crippen molar-refractivity contribution in [2.45, 2.75) is 0 Å². The molecule has 0 amide bonds. The van der Waals surface area contributed by atoms with Gasteiger partial charge in [-0.3, -0.25) is 0 Å². The van der Waals surface area contributed by atoms with E-state index in [1.165, 1.54) is 12.1 Å². The van der Waals surface area contributed by atoms with Crippen molar-refractivity contribution in [3.63, 3.8) is 0 Å². The Morgan fingerprint density at radius 2 is 1.11 bits per heavy atom. The monoisotopic (exact) mass is 292 g/mol. The van der Waals surface area contributed by atoms with E-state index in [4.69, 9.17) is 0 Å². The number of rotatable bonds is 2. The van der Waals surface area contributed by atoms with Crippen molar-refractivity contribution in [3.8, 4) is 0 Å². The first-order valence-electron chi connectivity index (χ1n) is 4.55. The van der Waals surface area contributed by atoms with E-state index in [-0.39, 0.29) is 114 Å². The van der Waals surface area contributed by atoms with Crippen molar-refractivity contribution in [1.82, 2.24) is 0 Å². The van der Waals surface area contributed by atoms with E-state index >= 15 is 0 Å². The van der Waals surface area contributed by atoms with Crippen LogP contribution in [0.3, 0.4) is 0 Å². The Morgan fingerprint density at radius 1 is 0.778 bits per heavy atom. The van der Waals surface area contributed by atoms with Crippen LogP contribution in [0.2, 0.25) is 0 Å². The molecule has 2 aromatic rings. The van der Waals surface area contributed by atoms with Crippen LogP contribution in [0.5, 0.6) is 0 Å². The SMILES string of the molecule is O=C([O-])c1cc2ccccc2cc1C(=O)[O-].[K+].[K+]. The van der Waals surface area contributed by atoms with Crippen molar-refractivity contribution < 1.29 is 123 Å². The number of carbonyl (C=O) groups is 2. The fourth-order valence-electron chi connectivity index (χ4n) is 1.58. The number of carbonyl (C=O) groups excluding carboxylic acids is 2. The summed E-state index contributed by atoms with van der Waals surface area (Å²) < 4.78 is 0. The molecule has 0 aliphatic rings. The maximum Gasteiger partial charge on any atom is 1.00 e. The van der Waals surface area contributed by atoms with Crippen LogP contribution >= 0.6 is 0 Å². The van der Waals surface area contributed by atoms with Crippen molar-refractivity contribution >= 4 is 22.7 Å². The van der Waals surface area contributed by atoms with Crippen LogP contribution in [-0.2, 0) is 0 Å². The molecule has 0 radical (unpaired) electrons. The van der Waals surface area contributed by atoms with Gasteiger partial charge in [0.25, 0.3) is 0 Å². The van der Waals surface area contributed by atoms with E-state index in [0.29, 0.717) is 10.8 Å². The van der Waals surface area contributed by atoms with Crippen LogP contribution in [0, 0.1) is 0 Å². The summed E-state index contributed by atoms with van der Waals surface area (Å²) >= 11 is 0. The number of carboxylic acid groups (broad SMARTS) is 2. The molecule has 0 aliphatic carbocycles. The molecule has 0 aliphatic heterocycles. The molecule has 2 rings (SSSR count). The summed E-state index contributed by atoms with van der Waals surface area (Å²) in [5.74, 6) is -3.05. The summed E-state index contributed by atoms with van der Waals surface area (Å²) in [6.45, 7) is 0. The Bertz CT molecular complexity index is 543. The summed E-state index contributed by atoms with van der Waals surface area (Å²) in [5.41, 5.74) is -0.725. The number of aromatic carboxylic acids is 2. The van der Waals surface area contributed by atoms with Crippen LogP contribution in [0.15, 0.2) is 36.4 Å². The summed E-state index contributed by atoms with van der Waals surface area (Å²) in [6.07, 6.45) is 0. The molecule has 0 unspecified atom stereocenters. The molecule has 4 nitrogen and oxygen atoms in total. The van der Waals surface area contributed by atoms with Gasteiger partial charge in [0.15, 0.2) is 0 Å². The zero-order valence-electron chi connectivity index (χ0n) is 10.1. The minimum Gasteiger partial charge on any atom is -0.545 e. The molecule has 2 aromatic carbocycles. The van der Waals surface area contributed by atoms with Gasteiger partial charge in [0, 0.05) is 11.1 Å². The van der Waals surface area contributed by atoms with Crippen LogP contribution < -0.4 is 113 Å². The van der Waals surface area contributed by atoms with Gasteiger partial charge in [-0.1, -0.05) is 24.3 Å². The van der Waals surface area contributed by atoms with Crippen LogP contribution in [0.1, 0.15) is 20.7 Å². The molecule has 0 aromatic heterocycles. The molecular formula is C12H6K2O4. The summed E-state index contributed by atoms with van der Waals surface area (Å²) in [4.78, 5) is 21.5. The second-order valence-electron chi connectivity index (χ2n) is 3.32. The first-order chi connectivity index (χ1) is 7.59. The summed E-state index contributed by atoms with van der Waals surface area (Å²) in [7, 11) is 0. The van der Waals surface area contributed by atoms with Crippen LogP contribution in [0.4, 0.5) is 0 Å². The topological polar surface area (TPSA) is 80.3 Å². The molecule has 0 spiro atoms. The molecule has 0 saturated carbocycles. The van der Waals surface area contributed by atoms with E-state index in [0.717, 1.165) is 0 Å². The molecule has 0 saturated heterocycles. The predicted molar refractivity (Wildman–Crippen MR) is 52.6 cm³/mol. The first-order valence-corrected chi connectivity index (χ1v) is 4.55. The van der Waals surface area contributed by atoms with E-state index in [2.05, 4.69) is 0 Å². The van der Waals surface area contributed by atoms with Gasteiger partial charge in [-0.05, 0) is 22.9 Å². The number of hydrogen-bond donors (Lipinski definition) is 0. The normalized spacial score (nSPS) is 9.11. The summed E-state index contributed by atoms with van der Waals surface area (Å²) in [5, 5.41) is 22.8. The van der Waals surface area contributed by atoms with Crippen molar-refractivity contribution in [1.29, 1.82) is 0 Å². The fraction of sp³-hybridized carbons (Fsp3) is 0. The number of hydrogen-bond acceptors (Lipinski definition) is 4. The largest absolute Gasteiger partial charge is 1.00 e. The van der Waals surface area contributed by atoms with Crippen molar-refractivity contribution in [2.24, 2.45) is 0 Å².